The molecule has 92 valence electrons. The van der Waals surface area contributed by atoms with Gasteiger partial charge in [0.1, 0.15) is 0 Å². The first-order valence-electron chi connectivity index (χ1n) is 6.02. The summed E-state index contributed by atoms with van der Waals surface area (Å²) >= 11 is 0. The van der Waals surface area contributed by atoms with Gasteiger partial charge in [-0.3, -0.25) is 9.69 Å². The van der Waals surface area contributed by atoms with Crippen molar-refractivity contribution in [1.29, 1.82) is 0 Å². The molecule has 0 radical (unpaired) electrons. The standard InChI is InChI=1S/C13H19N3O/c1-10(16-8-7-11(14)9-16)13(17)15-12-5-3-2-4-6-12/h2-6,10-11H,7-9,14H2,1H3,(H,15,17)/t10?,11-/m0/s1. The highest BCUT2D eigenvalue weighted by molar-refractivity contribution is 5.94. The molecule has 1 fully saturated rings. The zero-order valence-corrected chi connectivity index (χ0v) is 10.1. The number of para-hydroxylation sites is 1. The molecule has 1 aliphatic rings. The van der Waals surface area contributed by atoms with Gasteiger partial charge in [-0.2, -0.15) is 0 Å². The Morgan fingerprint density at radius 3 is 2.76 bits per heavy atom. The lowest BCUT2D eigenvalue weighted by Gasteiger charge is -2.23. The summed E-state index contributed by atoms with van der Waals surface area (Å²) in [4.78, 5) is 14.1. The Balaban J connectivity index is 1.92. The number of likely N-dealkylation sites (tertiary alicyclic amines) is 1. The molecule has 17 heavy (non-hydrogen) atoms. The van der Waals surface area contributed by atoms with E-state index in [4.69, 9.17) is 5.73 Å². The van der Waals surface area contributed by atoms with Gasteiger partial charge in [0.25, 0.3) is 0 Å². The largest absolute Gasteiger partial charge is 0.326 e. The van der Waals surface area contributed by atoms with Crippen molar-refractivity contribution in [2.75, 3.05) is 18.4 Å². The first-order valence-corrected chi connectivity index (χ1v) is 6.02. The van der Waals surface area contributed by atoms with E-state index < -0.39 is 0 Å². The summed E-state index contributed by atoms with van der Waals surface area (Å²) < 4.78 is 0. The topological polar surface area (TPSA) is 58.4 Å². The van der Waals surface area contributed by atoms with Crippen LogP contribution < -0.4 is 11.1 Å². The van der Waals surface area contributed by atoms with E-state index in [0.717, 1.165) is 25.2 Å². The number of hydrogen-bond donors (Lipinski definition) is 2. The number of amides is 1. The average molecular weight is 233 g/mol. The van der Waals surface area contributed by atoms with Crippen LogP contribution in [0.4, 0.5) is 5.69 Å². The summed E-state index contributed by atoms with van der Waals surface area (Å²) in [6, 6.07) is 9.61. The van der Waals surface area contributed by atoms with Gasteiger partial charge in [-0.1, -0.05) is 18.2 Å². The molecule has 0 saturated carbocycles. The molecule has 3 N–H and O–H groups in total. The van der Waals surface area contributed by atoms with Crippen LogP contribution in [0.1, 0.15) is 13.3 Å². The zero-order valence-electron chi connectivity index (χ0n) is 10.1. The zero-order chi connectivity index (χ0) is 12.3. The molecule has 1 aromatic rings. The number of benzene rings is 1. The summed E-state index contributed by atoms with van der Waals surface area (Å²) in [5.41, 5.74) is 6.68. The fourth-order valence-corrected chi connectivity index (χ4v) is 2.10. The van der Waals surface area contributed by atoms with Crippen molar-refractivity contribution in [2.45, 2.75) is 25.4 Å². The Hall–Kier alpha value is -1.39. The van der Waals surface area contributed by atoms with E-state index in [0.29, 0.717) is 0 Å². The molecule has 1 saturated heterocycles. The Morgan fingerprint density at radius 2 is 2.18 bits per heavy atom. The number of rotatable bonds is 3. The first-order chi connectivity index (χ1) is 8.16. The van der Waals surface area contributed by atoms with E-state index in [1.54, 1.807) is 0 Å². The minimum atomic E-state index is -0.122. The molecule has 0 aliphatic carbocycles. The van der Waals surface area contributed by atoms with Crippen molar-refractivity contribution < 1.29 is 4.79 Å². The summed E-state index contributed by atoms with van der Waals surface area (Å²) in [6.07, 6.45) is 0.975. The van der Waals surface area contributed by atoms with Crippen LogP contribution in [0.3, 0.4) is 0 Å². The van der Waals surface area contributed by atoms with Gasteiger partial charge in [0.15, 0.2) is 0 Å². The van der Waals surface area contributed by atoms with Crippen LogP contribution in [0.15, 0.2) is 30.3 Å². The molecule has 2 atom stereocenters. The fourth-order valence-electron chi connectivity index (χ4n) is 2.10. The van der Waals surface area contributed by atoms with Gasteiger partial charge < -0.3 is 11.1 Å². The molecule has 0 aromatic heterocycles. The number of anilines is 1. The third-order valence-corrected chi connectivity index (χ3v) is 3.22. The van der Waals surface area contributed by atoms with Gasteiger partial charge in [-0.05, 0) is 25.5 Å². The molecule has 1 aromatic carbocycles. The second kappa shape index (κ2) is 5.29. The van der Waals surface area contributed by atoms with E-state index in [9.17, 15) is 4.79 Å². The molecule has 1 aliphatic heterocycles. The summed E-state index contributed by atoms with van der Waals surface area (Å²) in [7, 11) is 0. The number of hydrogen-bond acceptors (Lipinski definition) is 3. The lowest BCUT2D eigenvalue weighted by atomic mass is 10.2. The number of nitrogens with two attached hydrogens (primary N) is 1. The molecule has 4 nitrogen and oxygen atoms in total. The van der Waals surface area contributed by atoms with Crippen molar-refractivity contribution in [2.24, 2.45) is 5.73 Å². The molecular formula is C13H19N3O. The Morgan fingerprint density at radius 1 is 1.47 bits per heavy atom. The number of carbonyl (C=O) groups is 1. The highest BCUT2D eigenvalue weighted by atomic mass is 16.2. The van der Waals surface area contributed by atoms with Crippen molar-refractivity contribution in [3.8, 4) is 0 Å². The monoisotopic (exact) mass is 233 g/mol. The summed E-state index contributed by atoms with van der Waals surface area (Å²) in [5.74, 6) is 0.0327. The highest BCUT2D eigenvalue weighted by Gasteiger charge is 2.27. The van der Waals surface area contributed by atoms with E-state index in [2.05, 4.69) is 10.2 Å². The Labute approximate surface area is 102 Å². The smallest absolute Gasteiger partial charge is 0.241 e. The summed E-state index contributed by atoms with van der Waals surface area (Å²) in [5, 5.41) is 2.91. The van der Waals surface area contributed by atoms with E-state index in [1.807, 2.05) is 37.3 Å². The van der Waals surface area contributed by atoms with Gasteiger partial charge in [0, 0.05) is 24.8 Å². The Kier molecular flexibility index (Phi) is 3.76. The maximum absolute atomic E-state index is 12.0. The van der Waals surface area contributed by atoms with Gasteiger partial charge in [-0.25, -0.2) is 0 Å². The number of carbonyl (C=O) groups excluding carboxylic acids is 1. The molecule has 1 heterocycles. The number of nitrogens with one attached hydrogen (secondary N) is 1. The predicted octanol–water partition coefficient (Wildman–Crippen LogP) is 1.05. The molecule has 0 bridgehead atoms. The van der Waals surface area contributed by atoms with Gasteiger partial charge in [-0.15, -0.1) is 0 Å². The first kappa shape index (κ1) is 12.1. The minimum Gasteiger partial charge on any atom is -0.326 e. The van der Waals surface area contributed by atoms with Crippen LogP contribution in [0.2, 0.25) is 0 Å². The highest BCUT2D eigenvalue weighted by Crippen LogP contribution is 2.13. The summed E-state index contributed by atoms with van der Waals surface area (Å²) in [6.45, 7) is 3.64. The van der Waals surface area contributed by atoms with Gasteiger partial charge >= 0.3 is 0 Å². The maximum Gasteiger partial charge on any atom is 0.241 e. The van der Waals surface area contributed by atoms with Crippen LogP contribution in [0.5, 0.6) is 0 Å². The predicted molar refractivity (Wildman–Crippen MR) is 68.7 cm³/mol. The van der Waals surface area contributed by atoms with Crippen molar-refractivity contribution >= 4 is 11.6 Å². The van der Waals surface area contributed by atoms with Crippen LogP contribution >= 0.6 is 0 Å². The second-order valence-electron chi connectivity index (χ2n) is 4.57. The normalized spacial score (nSPS) is 22.4. The van der Waals surface area contributed by atoms with E-state index in [1.165, 1.54) is 0 Å². The fraction of sp³-hybridized carbons (Fsp3) is 0.462. The second-order valence-corrected chi connectivity index (χ2v) is 4.57. The lowest BCUT2D eigenvalue weighted by Crippen LogP contribution is -2.41. The molecule has 1 amide bonds. The van der Waals surface area contributed by atoms with E-state index in [-0.39, 0.29) is 18.0 Å². The van der Waals surface area contributed by atoms with Crippen molar-refractivity contribution in [3.05, 3.63) is 30.3 Å². The number of nitrogens with zero attached hydrogens (tertiary/aromatic N) is 1. The Bertz CT molecular complexity index is 380. The third-order valence-electron chi connectivity index (χ3n) is 3.22. The van der Waals surface area contributed by atoms with Crippen LogP contribution in [-0.2, 0) is 4.79 Å². The quantitative estimate of drug-likeness (QED) is 0.820. The van der Waals surface area contributed by atoms with Gasteiger partial charge in [0.2, 0.25) is 5.91 Å². The van der Waals surface area contributed by atoms with Crippen LogP contribution in [-0.4, -0.2) is 36.0 Å². The molecule has 2 rings (SSSR count). The maximum atomic E-state index is 12.0. The molecular weight excluding hydrogens is 214 g/mol. The minimum absolute atomic E-state index is 0.0327. The molecule has 0 spiro atoms. The van der Waals surface area contributed by atoms with Crippen LogP contribution in [0, 0.1) is 0 Å². The van der Waals surface area contributed by atoms with Gasteiger partial charge in [0.05, 0.1) is 6.04 Å². The molecule has 1 unspecified atom stereocenters. The van der Waals surface area contributed by atoms with Crippen LogP contribution in [0.25, 0.3) is 0 Å². The van der Waals surface area contributed by atoms with E-state index >= 15 is 0 Å². The third kappa shape index (κ3) is 3.05. The van der Waals surface area contributed by atoms with Crippen molar-refractivity contribution in [1.82, 2.24) is 4.90 Å². The lowest BCUT2D eigenvalue weighted by molar-refractivity contribution is -0.120. The van der Waals surface area contributed by atoms with Crippen molar-refractivity contribution in [3.63, 3.8) is 0 Å². The SMILES string of the molecule is CC(C(=O)Nc1ccccc1)N1CC[C@H](N)C1. The molecule has 4 heteroatoms. The average Bonchev–Trinajstić information content (AvgIpc) is 2.76.